The van der Waals surface area contributed by atoms with Crippen molar-refractivity contribution in [2.45, 2.75) is 27.3 Å². The number of halogens is 1. The molecule has 0 fully saturated rings. The van der Waals surface area contributed by atoms with E-state index < -0.39 is 0 Å². The summed E-state index contributed by atoms with van der Waals surface area (Å²) < 4.78 is 1.14. The topological polar surface area (TPSA) is 49.8 Å². The van der Waals surface area contributed by atoms with E-state index in [1.807, 2.05) is 13.8 Å². The lowest BCUT2D eigenvalue weighted by Gasteiger charge is -2.13. The van der Waals surface area contributed by atoms with Gasteiger partial charge in [0.2, 0.25) is 0 Å². The second-order valence-corrected chi connectivity index (χ2v) is 6.02. The molecule has 0 atom stereocenters. The van der Waals surface area contributed by atoms with Crippen molar-refractivity contribution in [2.75, 3.05) is 17.2 Å². The minimum absolute atomic E-state index is 0.765. The van der Waals surface area contributed by atoms with E-state index in [2.05, 4.69) is 54.9 Å². The highest BCUT2D eigenvalue weighted by Crippen LogP contribution is 2.25. The maximum Gasteiger partial charge on any atom is 0.135 e. The van der Waals surface area contributed by atoms with E-state index >= 15 is 0 Å². The lowest BCUT2D eigenvalue weighted by molar-refractivity contribution is 0.996. The smallest absolute Gasteiger partial charge is 0.135 e. The molecule has 0 spiro atoms. The SMILES string of the molecule is CCNc1nc(C)nc(NCc2sccc2Br)c1C. The molecule has 102 valence electrons. The van der Waals surface area contributed by atoms with E-state index in [9.17, 15) is 0 Å². The van der Waals surface area contributed by atoms with Crippen molar-refractivity contribution in [2.24, 2.45) is 0 Å². The third-order valence-corrected chi connectivity index (χ3v) is 4.64. The highest BCUT2D eigenvalue weighted by atomic mass is 79.9. The molecule has 19 heavy (non-hydrogen) atoms. The summed E-state index contributed by atoms with van der Waals surface area (Å²) in [6.45, 7) is 7.62. The molecule has 0 radical (unpaired) electrons. The molecule has 0 saturated carbocycles. The quantitative estimate of drug-likeness (QED) is 0.864. The molecule has 0 unspecified atom stereocenters. The van der Waals surface area contributed by atoms with E-state index in [1.165, 1.54) is 4.88 Å². The third kappa shape index (κ3) is 3.45. The van der Waals surface area contributed by atoms with Crippen LogP contribution in [0.15, 0.2) is 15.9 Å². The predicted octanol–water partition coefficient (Wildman–Crippen LogP) is 3.96. The Bertz CT molecular complexity index is 568. The molecule has 0 saturated heterocycles. The molecule has 2 N–H and O–H groups in total. The summed E-state index contributed by atoms with van der Waals surface area (Å²) in [5.41, 5.74) is 1.06. The Kier molecular flexibility index (Phi) is 4.76. The van der Waals surface area contributed by atoms with Gasteiger partial charge < -0.3 is 10.6 Å². The van der Waals surface area contributed by atoms with E-state index in [0.717, 1.165) is 40.6 Å². The van der Waals surface area contributed by atoms with Crippen LogP contribution < -0.4 is 10.6 Å². The van der Waals surface area contributed by atoms with Crippen LogP contribution in [0.3, 0.4) is 0 Å². The zero-order valence-electron chi connectivity index (χ0n) is 11.2. The molecule has 0 bridgehead atoms. The van der Waals surface area contributed by atoms with Crippen molar-refractivity contribution < 1.29 is 0 Å². The van der Waals surface area contributed by atoms with Crippen molar-refractivity contribution in [1.82, 2.24) is 9.97 Å². The van der Waals surface area contributed by atoms with Crippen molar-refractivity contribution in [3.05, 3.63) is 32.2 Å². The molecule has 0 aromatic carbocycles. The van der Waals surface area contributed by atoms with Gasteiger partial charge in [-0.25, -0.2) is 9.97 Å². The Labute approximate surface area is 125 Å². The molecule has 0 aliphatic carbocycles. The average Bonchev–Trinajstić information content (AvgIpc) is 2.77. The summed E-state index contributed by atoms with van der Waals surface area (Å²) in [6, 6.07) is 2.06. The lowest BCUT2D eigenvalue weighted by atomic mass is 10.3. The molecule has 0 aliphatic rings. The molecule has 4 nitrogen and oxygen atoms in total. The minimum Gasteiger partial charge on any atom is -0.370 e. The van der Waals surface area contributed by atoms with Gasteiger partial charge in [-0.3, -0.25) is 0 Å². The Balaban J connectivity index is 2.18. The number of nitrogens with one attached hydrogen (secondary N) is 2. The number of anilines is 2. The predicted molar refractivity (Wildman–Crippen MR) is 85.0 cm³/mol. The summed E-state index contributed by atoms with van der Waals surface area (Å²) in [5.74, 6) is 2.57. The summed E-state index contributed by atoms with van der Waals surface area (Å²) in [7, 11) is 0. The molecular weight excluding hydrogens is 324 g/mol. The van der Waals surface area contributed by atoms with Crippen LogP contribution in [0.25, 0.3) is 0 Å². The van der Waals surface area contributed by atoms with Crippen molar-refractivity contribution >= 4 is 38.9 Å². The second kappa shape index (κ2) is 6.34. The molecule has 2 heterocycles. The van der Waals surface area contributed by atoms with E-state index in [1.54, 1.807) is 11.3 Å². The molecule has 2 aromatic rings. The van der Waals surface area contributed by atoms with Gasteiger partial charge in [-0.15, -0.1) is 11.3 Å². The van der Waals surface area contributed by atoms with Gasteiger partial charge in [-0.2, -0.15) is 0 Å². The Morgan fingerprint density at radius 1 is 1.21 bits per heavy atom. The first-order valence-electron chi connectivity index (χ1n) is 6.16. The van der Waals surface area contributed by atoms with Crippen LogP contribution in [0.2, 0.25) is 0 Å². The minimum atomic E-state index is 0.765. The zero-order chi connectivity index (χ0) is 13.8. The van der Waals surface area contributed by atoms with Gasteiger partial charge in [-0.1, -0.05) is 0 Å². The summed E-state index contributed by atoms with van der Waals surface area (Å²) >= 11 is 5.26. The summed E-state index contributed by atoms with van der Waals surface area (Å²) in [6.07, 6.45) is 0. The van der Waals surface area contributed by atoms with Gasteiger partial charge in [0.15, 0.2) is 0 Å². The van der Waals surface area contributed by atoms with Crippen LogP contribution in [0, 0.1) is 13.8 Å². The van der Waals surface area contributed by atoms with Crippen molar-refractivity contribution in [1.29, 1.82) is 0 Å². The fourth-order valence-electron chi connectivity index (χ4n) is 1.76. The van der Waals surface area contributed by atoms with Crippen LogP contribution in [0.1, 0.15) is 23.2 Å². The van der Waals surface area contributed by atoms with E-state index in [4.69, 9.17) is 0 Å². The normalized spacial score (nSPS) is 10.5. The fourth-order valence-corrected chi connectivity index (χ4v) is 3.19. The number of hydrogen-bond donors (Lipinski definition) is 2. The highest BCUT2D eigenvalue weighted by Gasteiger charge is 2.09. The largest absolute Gasteiger partial charge is 0.370 e. The average molecular weight is 341 g/mol. The molecule has 6 heteroatoms. The van der Waals surface area contributed by atoms with E-state index in [-0.39, 0.29) is 0 Å². The van der Waals surface area contributed by atoms with Gasteiger partial charge in [0, 0.05) is 21.5 Å². The molecule has 0 aliphatic heterocycles. The van der Waals surface area contributed by atoms with Crippen LogP contribution in [0.4, 0.5) is 11.6 Å². The first-order chi connectivity index (χ1) is 9.11. The first-order valence-corrected chi connectivity index (χ1v) is 7.84. The van der Waals surface area contributed by atoms with Crippen LogP contribution in [-0.2, 0) is 6.54 Å². The Morgan fingerprint density at radius 3 is 2.47 bits per heavy atom. The van der Waals surface area contributed by atoms with Gasteiger partial charge in [0.25, 0.3) is 0 Å². The molecular formula is C13H17BrN4S. The van der Waals surface area contributed by atoms with Crippen LogP contribution >= 0.6 is 27.3 Å². The maximum absolute atomic E-state index is 4.47. The third-order valence-electron chi connectivity index (χ3n) is 2.71. The maximum atomic E-state index is 4.47. The number of aromatic nitrogens is 2. The highest BCUT2D eigenvalue weighted by molar-refractivity contribution is 9.10. The number of hydrogen-bond acceptors (Lipinski definition) is 5. The standard InChI is InChI=1S/C13H17BrN4S/c1-4-15-12-8(2)13(18-9(3)17-12)16-7-11-10(14)5-6-19-11/h5-6H,4,7H2,1-3H3,(H2,15,16,17,18). The van der Waals surface area contributed by atoms with Gasteiger partial charge in [0.05, 0.1) is 6.54 Å². The Hall–Kier alpha value is -1.14. The summed E-state index contributed by atoms with van der Waals surface area (Å²) in [5, 5.41) is 8.72. The lowest BCUT2D eigenvalue weighted by Crippen LogP contribution is -2.09. The zero-order valence-corrected chi connectivity index (χ0v) is 13.7. The monoisotopic (exact) mass is 340 g/mol. The van der Waals surface area contributed by atoms with Crippen LogP contribution in [0.5, 0.6) is 0 Å². The van der Waals surface area contributed by atoms with Crippen molar-refractivity contribution in [3.63, 3.8) is 0 Å². The number of aryl methyl sites for hydroxylation is 1. The van der Waals surface area contributed by atoms with E-state index in [0.29, 0.717) is 0 Å². The molecule has 2 aromatic heterocycles. The number of rotatable bonds is 5. The van der Waals surface area contributed by atoms with Gasteiger partial charge in [0.1, 0.15) is 17.5 Å². The van der Waals surface area contributed by atoms with Crippen molar-refractivity contribution in [3.8, 4) is 0 Å². The van der Waals surface area contributed by atoms with Gasteiger partial charge >= 0.3 is 0 Å². The van der Waals surface area contributed by atoms with Gasteiger partial charge in [-0.05, 0) is 48.1 Å². The number of thiophene rings is 1. The van der Waals surface area contributed by atoms with Crippen LogP contribution in [-0.4, -0.2) is 16.5 Å². The Morgan fingerprint density at radius 2 is 1.89 bits per heavy atom. The number of nitrogens with zero attached hydrogens (tertiary/aromatic N) is 2. The first kappa shape index (κ1) is 14.3. The fraction of sp³-hybridized carbons (Fsp3) is 0.385. The summed E-state index contributed by atoms with van der Waals surface area (Å²) in [4.78, 5) is 10.2. The molecule has 2 rings (SSSR count). The second-order valence-electron chi connectivity index (χ2n) is 4.17. The molecule has 0 amide bonds.